The molecule has 146 valence electrons. The summed E-state index contributed by atoms with van der Waals surface area (Å²) in [6, 6.07) is 7.82. The Morgan fingerprint density at radius 1 is 1.14 bits per heavy atom. The molecule has 1 fully saturated rings. The Morgan fingerprint density at radius 2 is 1.93 bits per heavy atom. The van der Waals surface area contributed by atoms with Gasteiger partial charge in [-0.3, -0.25) is 4.79 Å². The van der Waals surface area contributed by atoms with Gasteiger partial charge in [-0.15, -0.1) is 10.2 Å². The van der Waals surface area contributed by atoms with E-state index < -0.39 is 11.7 Å². The molecule has 1 aliphatic heterocycles. The summed E-state index contributed by atoms with van der Waals surface area (Å²) in [7, 11) is 0. The summed E-state index contributed by atoms with van der Waals surface area (Å²) in [5, 5.41) is 8.00. The summed E-state index contributed by atoms with van der Waals surface area (Å²) in [6.45, 7) is 1.02. The van der Waals surface area contributed by atoms with Gasteiger partial charge in [-0.2, -0.15) is 13.2 Å². The lowest BCUT2D eigenvalue weighted by Gasteiger charge is -2.30. The van der Waals surface area contributed by atoms with Crippen molar-refractivity contribution in [1.29, 1.82) is 0 Å². The number of hydrogen-bond acceptors (Lipinski definition) is 5. The van der Waals surface area contributed by atoms with Crippen LogP contribution in [0.3, 0.4) is 0 Å². The number of carbonyl (C=O) groups is 1. The van der Waals surface area contributed by atoms with Crippen molar-refractivity contribution < 1.29 is 26.8 Å². The molecule has 0 N–H and O–H groups in total. The van der Waals surface area contributed by atoms with Crippen LogP contribution in [-0.4, -0.2) is 34.1 Å². The van der Waals surface area contributed by atoms with Gasteiger partial charge in [0.1, 0.15) is 0 Å². The summed E-state index contributed by atoms with van der Waals surface area (Å²) in [5.41, 5.74) is -0.332. The Balaban J connectivity index is 1.48. The maximum atomic E-state index is 12.7. The second-order valence-corrected chi connectivity index (χ2v) is 6.59. The molecular weight excluding hydrogens is 375 g/mol. The molecule has 4 rings (SSSR count). The van der Waals surface area contributed by atoms with Crippen LogP contribution in [-0.2, 0) is 6.18 Å². The lowest BCUT2D eigenvalue weighted by Crippen LogP contribution is -2.39. The average Bonchev–Trinajstić information content (AvgIpc) is 3.39. The van der Waals surface area contributed by atoms with Crippen molar-refractivity contribution in [2.75, 3.05) is 13.1 Å². The maximum Gasteiger partial charge on any atom is 0.416 e. The minimum absolute atomic E-state index is 0.136. The molecule has 1 saturated heterocycles. The number of benzene rings is 1. The third kappa shape index (κ3) is 3.64. The van der Waals surface area contributed by atoms with Crippen LogP contribution in [0.4, 0.5) is 13.2 Å². The largest absolute Gasteiger partial charge is 0.459 e. The van der Waals surface area contributed by atoms with E-state index in [1.165, 1.54) is 18.4 Å². The second-order valence-electron chi connectivity index (χ2n) is 6.59. The predicted octanol–water partition coefficient (Wildman–Crippen LogP) is 4.37. The number of aromatic nitrogens is 2. The lowest BCUT2D eigenvalue weighted by molar-refractivity contribution is -0.137. The third-order valence-corrected chi connectivity index (χ3v) is 4.69. The zero-order chi connectivity index (χ0) is 19.7. The number of piperidine rings is 1. The molecule has 1 atom stereocenters. The topological polar surface area (TPSA) is 72.4 Å². The number of hydrogen-bond donors (Lipinski definition) is 0. The van der Waals surface area contributed by atoms with Gasteiger partial charge in [0.15, 0.2) is 5.76 Å². The number of alkyl halides is 3. The fourth-order valence-electron chi connectivity index (χ4n) is 3.24. The highest BCUT2D eigenvalue weighted by atomic mass is 19.4. The second kappa shape index (κ2) is 7.14. The molecule has 6 nitrogen and oxygen atoms in total. The number of amides is 1. The van der Waals surface area contributed by atoms with E-state index in [0.29, 0.717) is 24.5 Å². The van der Waals surface area contributed by atoms with Crippen LogP contribution in [0, 0.1) is 0 Å². The molecule has 1 amide bonds. The summed E-state index contributed by atoms with van der Waals surface area (Å²) in [6.07, 6.45) is -1.40. The monoisotopic (exact) mass is 391 g/mol. The normalized spacial score (nSPS) is 17.7. The van der Waals surface area contributed by atoms with Gasteiger partial charge in [-0.25, -0.2) is 0 Å². The standard InChI is InChI=1S/C19H16F3N3O3/c20-19(21,22)14-7-5-12(6-8-14)16-23-24-17(28-16)13-3-1-9-25(11-13)18(26)15-4-2-10-27-15/h2,4-8,10,13H,1,3,9,11H2. The summed E-state index contributed by atoms with van der Waals surface area (Å²) in [5.74, 6) is 0.460. The highest BCUT2D eigenvalue weighted by molar-refractivity contribution is 5.91. The SMILES string of the molecule is O=C(c1ccco1)N1CCCC(c2nnc(-c3ccc(C(F)(F)F)cc3)o2)C1. The molecule has 1 aromatic carbocycles. The molecule has 1 unspecified atom stereocenters. The Kier molecular flexibility index (Phi) is 4.66. The first kappa shape index (κ1) is 18.3. The zero-order valence-corrected chi connectivity index (χ0v) is 14.6. The average molecular weight is 391 g/mol. The Morgan fingerprint density at radius 3 is 2.61 bits per heavy atom. The van der Waals surface area contributed by atoms with Crippen molar-refractivity contribution in [3.8, 4) is 11.5 Å². The molecule has 0 bridgehead atoms. The molecular formula is C19H16F3N3O3. The predicted molar refractivity (Wildman–Crippen MR) is 91.3 cm³/mol. The van der Waals surface area contributed by atoms with Crippen molar-refractivity contribution in [1.82, 2.24) is 15.1 Å². The van der Waals surface area contributed by atoms with Gasteiger partial charge >= 0.3 is 6.18 Å². The van der Waals surface area contributed by atoms with Crippen LogP contribution in [0.15, 0.2) is 51.5 Å². The smallest absolute Gasteiger partial charge is 0.416 e. The molecule has 28 heavy (non-hydrogen) atoms. The Bertz CT molecular complexity index is 949. The number of likely N-dealkylation sites (tertiary alicyclic amines) is 1. The van der Waals surface area contributed by atoms with Crippen LogP contribution in [0.2, 0.25) is 0 Å². The van der Waals surface area contributed by atoms with Gasteiger partial charge < -0.3 is 13.7 Å². The fraction of sp³-hybridized carbons (Fsp3) is 0.316. The molecule has 0 aliphatic carbocycles. The quantitative estimate of drug-likeness (QED) is 0.663. The fourth-order valence-corrected chi connectivity index (χ4v) is 3.24. The van der Waals surface area contributed by atoms with Gasteiger partial charge in [0.05, 0.1) is 17.7 Å². The van der Waals surface area contributed by atoms with E-state index in [2.05, 4.69) is 10.2 Å². The molecule has 0 spiro atoms. The van der Waals surface area contributed by atoms with E-state index in [4.69, 9.17) is 8.83 Å². The van der Waals surface area contributed by atoms with E-state index in [1.807, 2.05) is 0 Å². The van der Waals surface area contributed by atoms with Crippen LogP contribution in [0.1, 0.15) is 40.8 Å². The van der Waals surface area contributed by atoms with E-state index in [0.717, 1.165) is 25.0 Å². The zero-order valence-electron chi connectivity index (χ0n) is 14.6. The maximum absolute atomic E-state index is 12.7. The Hall–Kier alpha value is -3.10. The van der Waals surface area contributed by atoms with Gasteiger partial charge in [-0.05, 0) is 49.2 Å². The first-order chi connectivity index (χ1) is 13.4. The molecule has 3 aromatic rings. The summed E-state index contributed by atoms with van der Waals surface area (Å²) < 4.78 is 48.9. The van der Waals surface area contributed by atoms with Crippen LogP contribution in [0.25, 0.3) is 11.5 Å². The Labute approximate surface area is 158 Å². The van der Waals surface area contributed by atoms with Gasteiger partial charge in [0, 0.05) is 18.7 Å². The van der Waals surface area contributed by atoms with Gasteiger partial charge in [-0.1, -0.05) is 0 Å². The first-order valence-electron chi connectivity index (χ1n) is 8.75. The van der Waals surface area contributed by atoms with Crippen molar-refractivity contribution in [2.45, 2.75) is 24.9 Å². The minimum atomic E-state index is -4.40. The molecule has 2 aromatic heterocycles. The summed E-state index contributed by atoms with van der Waals surface area (Å²) in [4.78, 5) is 14.1. The van der Waals surface area contributed by atoms with Crippen LogP contribution in [0.5, 0.6) is 0 Å². The van der Waals surface area contributed by atoms with E-state index in [-0.39, 0.29) is 23.5 Å². The number of carbonyl (C=O) groups excluding carboxylic acids is 1. The van der Waals surface area contributed by atoms with Crippen LogP contribution < -0.4 is 0 Å². The third-order valence-electron chi connectivity index (χ3n) is 4.69. The molecule has 0 saturated carbocycles. The lowest BCUT2D eigenvalue weighted by atomic mass is 9.98. The van der Waals surface area contributed by atoms with Crippen molar-refractivity contribution in [2.24, 2.45) is 0 Å². The number of rotatable bonds is 3. The van der Waals surface area contributed by atoms with Gasteiger partial charge in [0.25, 0.3) is 5.91 Å². The first-order valence-corrected chi connectivity index (χ1v) is 8.75. The summed E-state index contributed by atoms with van der Waals surface area (Å²) >= 11 is 0. The number of furan rings is 1. The van der Waals surface area contributed by atoms with E-state index in [9.17, 15) is 18.0 Å². The van der Waals surface area contributed by atoms with Crippen molar-refractivity contribution >= 4 is 5.91 Å². The highest BCUT2D eigenvalue weighted by Crippen LogP contribution is 2.32. The molecule has 9 heteroatoms. The van der Waals surface area contributed by atoms with E-state index >= 15 is 0 Å². The highest BCUT2D eigenvalue weighted by Gasteiger charge is 2.31. The van der Waals surface area contributed by atoms with Crippen molar-refractivity contribution in [3.63, 3.8) is 0 Å². The van der Waals surface area contributed by atoms with Gasteiger partial charge in [0.2, 0.25) is 11.8 Å². The van der Waals surface area contributed by atoms with E-state index in [1.54, 1.807) is 17.0 Å². The minimum Gasteiger partial charge on any atom is -0.459 e. The molecule has 0 radical (unpaired) electrons. The molecule has 1 aliphatic rings. The van der Waals surface area contributed by atoms with Crippen molar-refractivity contribution in [3.05, 3.63) is 59.9 Å². The number of halogens is 3. The molecule has 3 heterocycles. The number of nitrogens with zero attached hydrogens (tertiary/aromatic N) is 3. The van der Waals surface area contributed by atoms with Crippen LogP contribution >= 0.6 is 0 Å².